The van der Waals surface area contributed by atoms with Crippen LogP contribution < -0.4 is 5.19 Å². The first-order chi connectivity index (χ1) is 9.72. The zero-order valence-electron chi connectivity index (χ0n) is 15.1. The van der Waals surface area contributed by atoms with Gasteiger partial charge < -0.3 is 4.12 Å². The molecule has 1 rings (SSSR count). The number of unbranched alkanes of at least 4 members (excludes halogenated alkanes) is 1. The maximum Gasteiger partial charge on any atom is 0.205 e. The van der Waals surface area contributed by atoms with Crippen LogP contribution in [-0.2, 0) is 4.12 Å². The summed E-state index contributed by atoms with van der Waals surface area (Å²) >= 11 is 0. The zero-order valence-corrected chi connectivity index (χ0v) is 17.1. The molecule has 0 spiro atoms. The van der Waals surface area contributed by atoms with Gasteiger partial charge in [0, 0.05) is 0 Å². The van der Waals surface area contributed by atoms with E-state index in [0.717, 1.165) is 0 Å². The van der Waals surface area contributed by atoms with Gasteiger partial charge in [-0.25, -0.2) is 0 Å². The summed E-state index contributed by atoms with van der Waals surface area (Å²) in [7, 11) is -3.29. The van der Waals surface area contributed by atoms with Crippen molar-refractivity contribution in [1.82, 2.24) is 0 Å². The van der Waals surface area contributed by atoms with Crippen molar-refractivity contribution in [3.63, 3.8) is 0 Å². The molecule has 0 aliphatic carbocycles. The van der Waals surface area contributed by atoms with Crippen molar-refractivity contribution in [2.75, 3.05) is 0 Å². The van der Waals surface area contributed by atoms with Gasteiger partial charge in [-0.15, -0.1) is 0 Å². The van der Waals surface area contributed by atoms with Gasteiger partial charge in [-0.1, -0.05) is 57.9 Å². The molecule has 0 N–H and O–H groups in total. The summed E-state index contributed by atoms with van der Waals surface area (Å²) in [6.45, 7) is 16.3. The third kappa shape index (κ3) is 5.72. The van der Waals surface area contributed by atoms with Crippen molar-refractivity contribution in [3.8, 4) is 0 Å². The van der Waals surface area contributed by atoms with Gasteiger partial charge in [0.2, 0.25) is 8.32 Å². The molecular formula is C18H34OSi2. The Balaban J connectivity index is 2.82. The van der Waals surface area contributed by atoms with Gasteiger partial charge in [-0.05, 0) is 55.3 Å². The Morgan fingerprint density at radius 1 is 1.00 bits per heavy atom. The Morgan fingerprint density at radius 2 is 1.57 bits per heavy atom. The number of hydrogen-bond donors (Lipinski definition) is 0. The zero-order chi connectivity index (χ0) is 16.1. The van der Waals surface area contributed by atoms with Crippen molar-refractivity contribution in [2.24, 2.45) is 0 Å². The summed E-state index contributed by atoms with van der Waals surface area (Å²) in [4.78, 5) is 0. The standard InChI is InChI=1S/C18H34OSi2/c1-8-10-15-20(4,5)19-21(6,7)18-13-11-17(12-14-18)16(3)9-2/h11-14,16H,8-10,15H2,1-7H3. The summed E-state index contributed by atoms with van der Waals surface area (Å²) in [6, 6.07) is 10.5. The van der Waals surface area contributed by atoms with E-state index in [0.29, 0.717) is 5.92 Å². The third-order valence-corrected chi connectivity index (χ3v) is 12.0. The lowest BCUT2D eigenvalue weighted by molar-refractivity contribution is 0.549. The fraction of sp³-hybridized carbons (Fsp3) is 0.667. The van der Waals surface area contributed by atoms with Gasteiger partial charge in [0.25, 0.3) is 0 Å². The molecule has 0 radical (unpaired) electrons. The topological polar surface area (TPSA) is 9.23 Å². The average Bonchev–Trinajstić information content (AvgIpc) is 2.43. The molecule has 0 bridgehead atoms. The van der Waals surface area contributed by atoms with E-state index < -0.39 is 16.6 Å². The normalized spacial score (nSPS) is 14.2. The third-order valence-electron chi connectivity index (χ3n) is 4.45. The van der Waals surface area contributed by atoms with E-state index in [1.54, 1.807) is 0 Å². The highest BCUT2D eigenvalue weighted by Gasteiger charge is 2.34. The molecule has 0 heterocycles. The maximum atomic E-state index is 6.72. The van der Waals surface area contributed by atoms with Crippen LogP contribution in [0.25, 0.3) is 0 Å². The van der Waals surface area contributed by atoms with E-state index in [9.17, 15) is 0 Å². The fourth-order valence-electron chi connectivity index (χ4n) is 2.85. The number of rotatable bonds is 8. The van der Waals surface area contributed by atoms with Gasteiger partial charge in [-0.2, -0.15) is 0 Å². The summed E-state index contributed by atoms with van der Waals surface area (Å²) in [5.41, 5.74) is 1.45. The first-order valence-corrected chi connectivity index (χ1v) is 14.5. The van der Waals surface area contributed by atoms with Crippen molar-refractivity contribution in [2.45, 2.75) is 78.2 Å². The van der Waals surface area contributed by atoms with Crippen molar-refractivity contribution < 1.29 is 4.12 Å². The fourth-order valence-corrected chi connectivity index (χ4v) is 11.4. The minimum absolute atomic E-state index is 0.653. The predicted octanol–water partition coefficient (Wildman–Crippen LogP) is 5.63. The quantitative estimate of drug-likeness (QED) is 0.563. The molecule has 0 amide bonds. The molecule has 0 aliphatic heterocycles. The van der Waals surface area contributed by atoms with Gasteiger partial charge in [-0.3, -0.25) is 0 Å². The Bertz CT molecular complexity index is 423. The van der Waals surface area contributed by atoms with E-state index in [1.807, 2.05) is 0 Å². The van der Waals surface area contributed by atoms with Crippen LogP contribution in [0.3, 0.4) is 0 Å². The van der Waals surface area contributed by atoms with Crippen LogP contribution in [0.1, 0.15) is 51.5 Å². The van der Waals surface area contributed by atoms with Crippen LogP contribution in [0.15, 0.2) is 24.3 Å². The minimum Gasteiger partial charge on any atom is -0.452 e. The van der Waals surface area contributed by atoms with E-state index >= 15 is 0 Å². The molecule has 1 unspecified atom stereocenters. The highest BCUT2D eigenvalue weighted by Crippen LogP contribution is 2.22. The van der Waals surface area contributed by atoms with E-state index in [-0.39, 0.29) is 0 Å². The lowest BCUT2D eigenvalue weighted by atomic mass is 9.99. The molecule has 1 atom stereocenters. The molecule has 0 aromatic heterocycles. The summed E-state index contributed by atoms with van der Waals surface area (Å²) in [5.74, 6) is 0.653. The second kappa shape index (κ2) is 7.75. The van der Waals surface area contributed by atoms with Gasteiger partial charge in [0.05, 0.1) is 0 Å². The van der Waals surface area contributed by atoms with Crippen LogP contribution >= 0.6 is 0 Å². The molecule has 1 aromatic rings. The Kier molecular flexibility index (Phi) is 6.89. The Morgan fingerprint density at radius 3 is 2.05 bits per heavy atom. The van der Waals surface area contributed by atoms with Crippen LogP contribution in [0, 0.1) is 0 Å². The largest absolute Gasteiger partial charge is 0.452 e. The maximum absolute atomic E-state index is 6.72. The van der Waals surface area contributed by atoms with Crippen LogP contribution in [-0.4, -0.2) is 16.6 Å². The van der Waals surface area contributed by atoms with Crippen LogP contribution in [0.5, 0.6) is 0 Å². The molecule has 3 heteroatoms. The molecule has 1 nitrogen and oxygen atoms in total. The van der Waals surface area contributed by atoms with Crippen molar-refractivity contribution in [1.29, 1.82) is 0 Å². The SMILES string of the molecule is CCCC[Si](C)(C)O[Si](C)(C)c1ccc(C(C)CC)cc1. The highest BCUT2D eigenvalue weighted by atomic mass is 28.4. The molecule has 0 saturated carbocycles. The molecule has 21 heavy (non-hydrogen) atoms. The lowest BCUT2D eigenvalue weighted by Crippen LogP contribution is -2.52. The minimum atomic E-state index is -1.77. The first kappa shape index (κ1) is 18.7. The van der Waals surface area contributed by atoms with E-state index in [4.69, 9.17) is 4.12 Å². The van der Waals surface area contributed by atoms with Crippen molar-refractivity contribution >= 4 is 21.8 Å². The second-order valence-electron chi connectivity index (χ2n) is 7.41. The molecule has 120 valence electrons. The summed E-state index contributed by atoms with van der Waals surface area (Å²) in [5, 5.41) is 1.44. The lowest BCUT2D eigenvalue weighted by Gasteiger charge is -2.34. The van der Waals surface area contributed by atoms with Crippen molar-refractivity contribution in [3.05, 3.63) is 29.8 Å². The highest BCUT2D eigenvalue weighted by molar-refractivity contribution is 6.92. The molecule has 0 fully saturated rings. The van der Waals surface area contributed by atoms with Crippen LogP contribution in [0.4, 0.5) is 0 Å². The number of hydrogen-bond acceptors (Lipinski definition) is 1. The predicted molar refractivity (Wildman–Crippen MR) is 101 cm³/mol. The van der Waals surface area contributed by atoms with E-state index in [1.165, 1.54) is 36.1 Å². The molecule has 0 saturated heterocycles. The summed E-state index contributed by atoms with van der Waals surface area (Å²) in [6.07, 6.45) is 3.77. The average molecular weight is 323 g/mol. The van der Waals surface area contributed by atoms with Gasteiger partial charge >= 0.3 is 0 Å². The van der Waals surface area contributed by atoms with E-state index in [2.05, 4.69) is 71.2 Å². The monoisotopic (exact) mass is 322 g/mol. The summed E-state index contributed by atoms with van der Waals surface area (Å²) < 4.78 is 6.72. The molecule has 1 aromatic carbocycles. The smallest absolute Gasteiger partial charge is 0.205 e. The number of benzene rings is 1. The molecular weight excluding hydrogens is 288 g/mol. The Labute approximate surface area is 134 Å². The second-order valence-corrected chi connectivity index (χ2v) is 15.8. The van der Waals surface area contributed by atoms with Gasteiger partial charge in [0.1, 0.15) is 0 Å². The first-order valence-electron chi connectivity index (χ1n) is 8.52. The Hall–Kier alpha value is -0.386. The van der Waals surface area contributed by atoms with Crippen LogP contribution in [0.2, 0.25) is 32.2 Å². The van der Waals surface area contributed by atoms with Gasteiger partial charge in [0.15, 0.2) is 8.32 Å². The molecule has 0 aliphatic rings.